The van der Waals surface area contributed by atoms with Gasteiger partial charge in [0.05, 0.1) is 40.0 Å². The summed E-state index contributed by atoms with van der Waals surface area (Å²) in [6.07, 6.45) is -3.13. The smallest absolute Gasteiger partial charge is 0.207 e. The van der Waals surface area contributed by atoms with E-state index in [0.717, 1.165) is 24.3 Å². The molecule has 0 N–H and O–H groups in total. The second-order valence-electron chi connectivity index (χ2n) is 28.5. The fourth-order valence-corrected chi connectivity index (χ4v) is 18.0. The van der Waals surface area contributed by atoms with Crippen molar-refractivity contribution in [2.24, 2.45) is 0 Å². The van der Waals surface area contributed by atoms with Crippen molar-refractivity contribution in [3.05, 3.63) is 368 Å². The molecule has 0 amide bonds. The van der Waals surface area contributed by atoms with Crippen molar-refractivity contribution in [3.8, 4) is 115 Å². The molecule has 9 aromatic carbocycles. The number of hydrogen-bond acceptors (Lipinski definition) is 8. The van der Waals surface area contributed by atoms with Gasteiger partial charge >= 0.3 is 37.9 Å². The lowest BCUT2D eigenvalue weighted by Crippen LogP contribution is -2.24. The van der Waals surface area contributed by atoms with Crippen LogP contribution in [0.5, 0.6) is 0 Å². The summed E-state index contributed by atoms with van der Waals surface area (Å²) in [5.41, 5.74) is -6.57. The Morgan fingerprint density at radius 1 is 0.254 bits per heavy atom. The fraction of sp³-hybridized carbons (Fsp3) is 0.0652. The minimum absolute atomic E-state index is 0.00825. The van der Waals surface area contributed by atoms with Crippen LogP contribution in [0.4, 0.5) is 91.5 Å². The highest BCUT2D eigenvalue weighted by Crippen LogP contribution is 3.03. The zero-order valence-electron chi connectivity index (χ0n) is 64.2. The third-order valence-electron chi connectivity index (χ3n) is 21.4. The topological polar surface area (TPSA) is 216 Å². The molecule has 6 aliphatic rings. The van der Waals surface area contributed by atoms with Crippen molar-refractivity contribution in [2.75, 3.05) is 0 Å². The number of allylic oxidation sites excluding steroid dienone is 9. The van der Waals surface area contributed by atoms with E-state index < -0.39 is 226 Å². The van der Waals surface area contributed by atoms with Crippen LogP contribution in [0.3, 0.4) is 0 Å². The molecule has 14 nitrogen and oxygen atoms in total. The van der Waals surface area contributed by atoms with Crippen molar-refractivity contribution >= 4 is 55.4 Å². The van der Waals surface area contributed by atoms with Gasteiger partial charge in [0.1, 0.15) is 162 Å². The maximum Gasteiger partial charge on any atom is 0.525 e. The standard InChI is InChI=1S/C32H12F2N6.C30H8F16N4S2.C30H12F4N4/c1-39-32(40-2)25-12-24-27(20-9-5-18(14-36)6-10-20)28-23(11-22(30(28)33)21(15-37)16-38)26(29(24)31(25)34)19-7-3-17(13-35)4-8-19;1-49-30(50-2)17-8-16-23(12-5-20(33)29(21(34)6-12)52(42,43,44,45)46)24-15(7-14(26(24)35)13(9-47)10-48)22(25(16)27(17)36)11-3-18(31)28(19(32)4-11)51(37,38,39,40)41;1-37-30(38-2)23-12-22-25(16-5-9-19(32)10-6-16)26-21(11-20(28(26)33)17(13-35)14-36)24(27(22)29(23)34)15-3-7-18(31)8-4-15/h3-10H,11-12H2;3-6H,7-8H2;3-10H,11-12H2. The number of benzene rings is 9. The Balaban J connectivity index is 0.000000169. The first-order valence-corrected chi connectivity index (χ1v) is 39.9. The van der Waals surface area contributed by atoms with E-state index in [1.54, 1.807) is 48.5 Å². The van der Waals surface area contributed by atoms with Crippen LogP contribution in [0.25, 0.3) is 131 Å². The quantitative estimate of drug-likeness (QED) is 0.0808. The molecule has 9 aromatic rings. The zero-order valence-corrected chi connectivity index (χ0v) is 65.8. The number of nitriles is 8. The average Bonchev–Trinajstić information content (AvgIpc) is 1.10. The third kappa shape index (κ3) is 15.3. The van der Waals surface area contributed by atoms with E-state index in [9.17, 15) is 107 Å². The van der Waals surface area contributed by atoms with Crippen LogP contribution in [-0.4, -0.2) is 0 Å². The van der Waals surface area contributed by atoms with Gasteiger partial charge in [0, 0.05) is 86.6 Å². The number of halogens is 22. The summed E-state index contributed by atoms with van der Waals surface area (Å²) in [7, 11) is -22.3. The lowest BCUT2D eigenvalue weighted by atomic mass is 9.87. The van der Waals surface area contributed by atoms with E-state index in [-0.39, 0.29) is 91.1 Å². The number of hydrogen-bond donors (Lipinski definition) is 0. The van der Waals surface area contributed by atoms with Gasteiger partial charge in [-0.05, 0) is 173 Å². The SMILES string of the molecule is [C-]#[N+]C([N+]#[C-])=C1Cc2c(-c3cc(F)c(S(F)(F)(F)(F)F)c(F)c3)c3c(c(-c4cc(F)c(S(F)(F)(F)(F)F)c(F)c4)c2=C1F)CC(=C(C#N)C#N)C=3F.[C-]#[N+]C([N+]#[C-])=C1Cc2c(-c3ccc(C#N)cc3)c3c(c(-c4ccc(C#N)cc4)c2=C1F)CC(=C(C#N)C#N)C=3F.[C-]#[N+]C([N+]#[C-])=C1Cc2c(-c3ccc(F)cc3)c3c(c(-c4ccc(F)cc4)c2=C1F)CC(=C(C#N)C#N)C=3F. The molecule has 0 aliphatic heterocycles. The highest BCUT2D eigenvalue weighted by Gasteiger charge is 2.70. The molecule has 0 radical (unpaired) electrons. The van der Waals surface area contributed by atoms with Gasteiger partial charge in [-0.25, -0.2) is 52.7 Å². The molecule has 0 spiro atoms. The van der Waals surface area contributed by atoms with Crippen LogP contribution in [-0.2, 0) is 38.5 Å². The van der Waals surface area contributed by atoms with Gasteiger partial charge in [-0.1, -0.05) is 87.4 Å². The number of fused-ring (bicyclic) bond motifs is 6. The zero-order chi connectivity index (χ0) is 95.1. The van der Waals surface area contributed by atoms with Crippen LogP contribution in [0.1, 0.15) is 44.5 Å². The predicted molar refractivity (Wildman–Crippen MR) is 426 cm³/mol. The molecular weight excluding hydrogens is 1780 g/mol. The Labute approximate surface area is 717 Å². The summed E-state index contributed by atoms with van der Waals surface area (Å²) >= 11 is 0. The summed E-state index contributed by atoms with van der Waals surface area (Å²) in [5, 5.41) is 73.1. The Morgan fingerprint density at radius 2 is 0.431 bits per heavy atom. The largest absolute Gasteiger partial charge is 0.525 e. The minimum Gasteiger partial charge on any atom is -0.207 e. The lowest BCUT2D eigenvalue weighted by molar-refractivity contribution is 0.341. The predicted octanol–water partition coefficient (Wildman–Crippen LogP) is 22.9. The number of nitrogens with zero attached hydrogens (tertiary/aromatic N) is 14. The maximum absolute atomic E-state index is 16.4. The molecule has 0 unspecified atom stereocenters. The summed E-state index contributed by atoms with van der Waals surface area (Å²) in [5.74, 6) is -22.0. The molecule has 130 heavy (non-hydrogen) atoms. The van der Waals surface area contributed by atoms with Gasteiger partial charge in [0.25, 0.3) is 0 Å². The highest BCUT2D eigenvalue weighted by molar-refractivity contribution is 8.46. The van der Waals surface area contributed by atoms with Crippen LogP contribution in [0, 0.1) is 165 Å². The molecule has 636 valence electrons. The van der Waals surface area contributed by atoms with Crippen LogP contribution in [0.2, 0.25) is 0 Å². The Kier molecular flexibility index (Phi) is 21.8. The molecule has 0 atom stereocenters. The molecule has 38 heteroatoms. The van der Waals surface area contributed by atoms with Crippen molar-refractivity contribution in [3.63, 3.8) is 0 Å². The second-order valence-corrected chi connectivity index (χ2v) is 33.2. The minimum atomic E-state index is -11.2. The van der Waals surface area contributed by atoms with E-state index >= 15 is 26.3 Å². The van der Waals surface area contributed by atoms with Crippen molar-refractivity contribution in [1.29, 1.82) is 42.1 Å². The Morgan fingerprint density at radius 3 is 0.608 bits per heavy atom. The van der Waals surface area contributed by atoms with Crippen molar-refractivity contribution in [1.82, 2.24) is 0 Å². The second kappa shape index (κ2) is 31.4. The van der Waals surface area contributed by atoms with Gasteiger partial charge in [-0.2, -0.15) is 71.2 Å². The summed E-state index contributed by atoms with van der Waals surface area (Å²) in [6, 6.07) is 34.6. The average molecular weight is 1820 g/mol. The van der Waals surface area contributed by atoms with E-state index in [0.29, 0.717) is 55.6 Å². The van der Waals surface area contributed by atoms with Crippen molar-refractivity contribution < 1.29 is 91.5 Å². The first-order chi connectivity index (χ1) is 61.1. The molecule has 0 aromatic heterocycles. The third-order valence-corrected chi connectivity index (χ3v) is 23.7. The molecule has 0 bridgehead atoms. The molecule has 0 heterocycles. The monoisotopic (exact) mass is 1810 g/mol. The van der Waals surface area contributed by atoms with Crippen LogP contribution < -0.4 is 31.3 Å². The molecular formula is C92H32F22N14S2. The molecule has 0 fully saturated rings. The van der Waals surface area contributed by atoms with Gasteiger partial charge in [-0.15, -0.1) is 0 Å². The highest BCUT2D eigenvalue weighted by atomic mass is 32.5. The van der Waals surface area contributed by atoms with Gasteiger partial charge in [0.2, 0.25) is 0 Å². The van der Waals surface area contributed by atoms with Gasteiger partial charge < -0.3 is 0 Å². The fourth-order valence-electron chi connectivity index (χ4n) is 16.3. The van der Waals surface area contributed by atoms with Crippen LogP contribution in [0.15, 0.2) is 199 Å². The first-order valence-electron chi connectivity index (χ1n) is 36.0. The van der Waals surface area contributed by atoms with E-state index in [2.05, 4.69) is 29.1 Å². The Hall–Kier alpha value is -17.3. The molecule has 0 saturated heterocycles. The molecule has 0 saturated carbocycles. The molecule has 15 rings (SSSR count). The Bertz CT molecular complexity index is 7580. The van der Waals surface area contributed by atoms with E-state index in [4.69, 9.17) is 39.4 Å². The molecule has 6 aliphatic carbocycles. The lowest BCUT2D eigenvalue weighted by Gasteiger charge is -2.40. The normalized spacial score (nSPS) is 14.5. The summed E-state index contributed by atoms with van der Waals surface area (Å²) in [6.45, 7) is 43.9. The number of rotatable bonds is 8. The van der Waals surface area contributed by atoms with Crippen molar-refractivity contribution in [2.45, 2.75) is 48.3 Å². The summed E-state index contributed by atoms with van der Waals surface area (Å²) < 4.78 is 320. The van der Waals surface area contributed by atoms with Crippen LogP contribution >= 0.6 is 20.4 Å². The van der Waals surface area contributed by atoms with Gasteiger partial charge in [-0.3, -0.25) is 0 Å². The van der Waals surface area contributed by atoms with E-state index in [1.807, 2.05) is 12.1 Å². The summed E-state index contributed by atoms with van der Waals surface area (Å²) in [4.78, 5) is 10.9. The first kappa shape index (κ1) is 90.4. The van der Waals surface area contributed by atoms with Gasteiger partial charge in [0.15, 0.2) is 9.79 Å². The van der Waals surface area contributed by atoms with E-state index in [1.165, 1.54) is 60.7 Å². The maximum atomic E-state index is 16.4.